The van der Waals surface area contributed by atoms with E-state index < -0.39 is 0 Å². The number of allylic oxidation sites excluding steroid dienone is 1. The lowest BCUT2D eigenvalue weighted by Crippen LogP contribution is -2.35. The fourth-order valence-electron chi connectivity index (χ4n) is 5.27. The van der Waals surface area contributed by atoms with Gasteiger partial charge in [-0.05, 0) is 50.2 Å². The van der Waals surface area contributed by atoms with Crippen LogP contribution >= 0.6 is 0 Å². The van der Waals surface area contributed by atoms with Gasteiger partial charge in [0.15, 0.2) is 0 Å². The molecule has 3 aliphatic rings. The van der Waals surface area contributed by atoms with Crippen molar-refractivity contribution in [3.8, 4) is 11.5 Å². The Morgan fingerprint density at radius 3 is 2.23 bits per heavy atom. The second-order valence-electron chi connectivity index (χ2n) is 9.18. The molecule has 2 heterocycles. The van der Waals surface area contributed by atoms with Crippen LogP contribution in [0.5, 0.6) is 11.5 Å². The van der Waals surface area contributed by atoms with E-state index in [0.29, 0.717) is 5.92 Å². The first-order valence-corrected chi connectivity index (χ1v) is 11.1. The molecule has 1 saturated carbocycles. The maximum Gasteiger partial charge on any atom is 0.232 e. The highest BCUT2D eigenvalue weighted by molar-refractivity contribution is 5.89. The number of nitrogens with zero attached hydrogens (tertiary/aromatic N) is 1. The van der Waals surface area contributed by atoms with Gasteiger partial charge in [-0.2, -0.15) is 0 Å². The van der Waals surface area contributed by atoms with Gasteiger partial charge in [0.2, 0.25) is 5.91 Å². The molecule has 5 rings (SSSR count). The summed E-state index contributed by atoms with van der Waals surface area (Å²) in [7, 11) is 0. The highest BCUT2D eigenvalue weighted by Crippen LogP contribution is 2.51. The molecule has 4 heteroatoms. The van der Waals surface area contributed by atoms with Crippen molar-refractivity contribution < 1.29 is 9.53 Å². The zero-order valence-corrected chi connectivity index (χ0v) is 17.8. The van der Waals surface area contributed by atoms with Crippen LogP contribution in [0.25, 0.3) is 0 Å². The van der Waals surface area contributed by atoms with E-state index in [1.807, 2.05) is 48.5 Å². The number of ether oxygens (including phenoxy) is 1. The summed E-state index contributed by atoms with van der Waals surface area (Å²) in [6.45, 7) is 8.64. The predicted molar refractivity (Wildman–Crippen MR) is 119 cm³/mol. The van der Waals surface area contributed by atoms with Crippen molar-refractivity contribution in [1.82, 2.24) is 10.2 Å². The summed E-state index contributed by atoms with van der Waals surface area (Å²) in [5.74, 6) is 3.50. The number of hydrogen-bond acceptors (Lipinski definition) is 3. The standard InChI is InChI=1S/C26H30N2O2/c1-17(2)8-7-13-28-15-21-20(22(21)16-28)14-27-26(29)25-18-9-3-5-11-23(18)30-24-12-6-4-10-19(24)25/h3-6,8-12,20-22,25H,7,13-16H2,1-2H3,(H,27,29)/t20?,21-,22+. The predicted octanol–water partition coefficient (Wildman–Crippen LogP) is 4.57. The van der Waals surface area contributed by atoms with Crippen LogP contribution in [0.15, 0.2) is 60.2 Å². The lowest BCUT2D eigenvalue weighted by atomic mass is 9.87. The molecule has 2 fully saturated rings. The van der Waals surface area contributed by atoms with Gasteiger partial charge in [0.05, 0.1) is 5.92 Å². The number of para-hydroxylation sites is 2. The molecule has 0 bridgehead atoms. The van der Waals surface area contributed by atoms with Gasteiger partial charge >= 0.3 is 0 Å². The minimum absolute atomic E-state index is 0.0867. The Hall–Kier alpha value is -2.59. The maximum absolute atomic E-state index is 13.3. The fraction of sp³-hybridized carbons (Fsp3) is 0.423. The second-order valence-corrected chi connectivity index (χ2v) is 9.18. The lowest BCUT2D eigenvalue weighted by molar-refractivity contribution is -0.121. The highest BCUT2D eigenvalue weighted by Gasteiger charge is 2.55. The lowest BCUT2D eigenvalue weighted by Gasteiger charge is -2.27. The Morgan fingerprint density at radius 1 is 1.03 bits per heavy atom. The molecule has 2 aromatic carbocycles. The monoisotopic (exact) mass is 402 g/mol. The summed E-state index contributed by atoms with van der Waals surface area (Å²) in [6, 6.07) is 15.8. The van der Waals surface area contributed by atoms with Gasteiger partial charge < -0.3 is 15.0 Å². The van der Waals surface area contributed by atoms with Crippen molar-refractivity contribution in [3.05, 3.63) is 71.3 Å². The Labute approximate surface area is 178 Å². The molecule has 1 unspecified atom stereocenters. The van der Waals surface area contributed by atoms with Crippen molar-refractivity contribution in [2.24, 2.45) is 17.8 Å². The number of fused-ring (bicyclic) bond motifs is 3. The average molecular weight is 403 g/mol. The van der Waals surface area contributed by atoms with Gasteiger partial charge in [-0.15, -0.1) is 0 Å². The number of amides is 1. The molecule has 1 saturated heterocycles. The van der Waals surface area contributed by atoms with E-state index in [9.17, 15) is 4.79 Å². The van der Waals surface area contributed by atoms with Crippen LogP contribution < -0.4 is 10.1 Å². The molecule has 2 aliphatic heterocycles. The van der Waals surface area contributed by atoms with Crippen LogP contribution in [0.3, 0.4) is 0 Å². The average Bonchev–Trinajstić information content (AvgIpc) is 3.20. The molecule has 2 aromatic rings. The molecule has 156 valence electrons. The first-order chi connectivity index (χ1) is 14.6. The van der Waals surface area contributed by atoms with Gasteiger partial charge in [0, 0.05) is 37.3 Å². The van der Waals surface area contributed by atoms with E-state index in [0.717, 1.165) is 54.0 Å². The zero-order valence-electron chi connectivity index (χ0n) is 17.8. The van der Waals surface area contributed by atoms with E-state index in [1.54, 1.807) is 0 Å². The van der Waals surface area contributed by atoms with Crippen molar-refractivity contribution in [1.29, 1.82) is 0 Å². The third-order valence-electron chi connectivity index (χ3n) is 6.90. The van der Waals surface area contributed by atoms with E-state index in [2.05, 4.69) is 30.1 Å². The topological polar surface area (TPSA) is 41.6 Å². The number of hydrogen-bond donors (Lipinski definition) is 1. The molecular formula is C26H30N2O2. The van der Waals surface area contributed by atoms with Crippen LogP contribution in [0.4, 0.5) is 0 Å². The molecule has 0 radical (unpaired) electrons. The summed E-state index contributed by atoms with van der Waals surface area (Å²) in [6.07, 6.45) is 3.47. The summed E-state index contributed by atoms with van der Waals surface area (Å²) < 4.78 is 6.03. The first-order valence-electron chi connectivity index (χ1n) is 11.1. The summed E-state index contributed by atoms with van der Waals surface area (Å²) in [4.78, 5) is 15.8. The number of carbonyl (C=O) groups is 1. The second kappa shape index (κ2) is 7.92. The zero-order chi connectivity index (χ0) is 20.7. The smallest absolute Gasteiger partial charge is 0.232 e. The number of rotatable bonds is 6. The van der Waals surface area contributed by atoms with Crippen molar-refractivity contribution in [3.63, 3.8) is 0 Å². The fourth-order valence-corrected chi connectivity index (χ4v) is 5.27. The number of nitrogens with one attached hydrogen (secondary N) is 1. The number of benzene rings is 2. The highest BCUT2D eigenvalue weighted by atomic mass is 16.5. The van der Waals surface area contributed by atoms with Crippen LogP contribution in [-0.4, -0.2) is 37.0 Å². The Balaban J connectivity index is 1.20. The van der Waals surface area contributed by atoms with Gasteiger partial charge in [0.25, 0.3) is 0 Å². The largest absolute Gasteiger partial charge is 0.457 e. The SMILES string of the molecule is CC(C)=CCCN1C[C@@H]2C(CNC(=O)C3c4ccccc4Oc4ccccc43)[C@@H]2C1. The van der Waals surface area contributed by atoms with Crippen LogP contribution in [0, 0.1) is 17.8 Å². The molecule has 3 atom stereocenters. The van der Waals surface area contributed by atoms with Gasteiger partial charge in [-0.3, -0.25) is 4.79 Å². The van der Waals surface area contributed by atoms with Gasteiger partial charge in [0.1, 0.15) is 11.5 Å². The summed E-state index contributed by atoms with van der Waals surface area (Å²) in [5, 5.41) is 3.28. The number of piperidine rings is 1. The van der Waals surface area contributed by atoms with E-state index >= 15 is 0 Å². The normalized spacial score (nSPS) is 24.3. The van der Waals surface area contributed by atoms with Crippen LogP contribution in [0.2, 0.25) is 0 Å². The van der Waals surface area contributed by atoms with Gasteiger partial charge in [-0.1, -0.05) is 48.0 Å². The molecule has 30 heavy (non-hydrogen) atoms. The van der Waals surface area contributed by atoms with Crippen molar-refractivity contribution >= 4 is 5.91 Å². The van der Waals surface area contributed by atoms with Crippen LogP contribution in [0.1, 0.15) is 37.3 Å². The molecule has 4 nitrogen and oxygen atoms in total. The van der Waals surface area contributed by atoms with Gasteiger partial charge in [-0.25, -0.2) is 0 Å². The third-order valence-corrected chi connectivity index (χ3v) is 6.90. The molecule has 1 N–H and O–H groups in total. The summed E-state index contributed by atoms with van der Waals surface area (Å²) in [5.41, 5.74) is 3.31. The molecule has 1 aliphatic carbocycles. The minimum Gasteiger partial charge on any atom is -0.457 e. The quantitative estimate of drug-likeness (QED) is 0.720. The first kappa shape index (κ1) is 19.4. The number of likely N-dealkylation sites (tertiary alicyclic amines) is 1. The third kappa shape index (κ3) is 3.65. The van der Waals surface area contributed by atoms with E-state index in [1.165, 1.54) is 18.7 Å². The molecule has 1 amide bonds. The van der Waals surface area contributed by atoms with Crippen molar-refractivity contribution in [2.45, 2.75) is 26.2 Å². The molecule has 0 spiro atoms. The van der Waals surface area contributed by atoms with Crippen molar-refractivity contribution in [2.75, 3.05) is 26.2 Å². The maximum atomic E-state index is 13.3. The minimum atomic E-state index is -0.301. The van der Waals surface area contributed by atoms with Crippen LogP contribution in [-0.2, 0) is 4.79 Å². The molecule has 0 aromatic heterocycles. The molecular weight excluding hydrogens is 372 g/mol. The Kier molecular flexibility index (Phi) is 5.11. The van der Waals surface area contributed by atoms with E-state index in [4.69, 9.17) is 4.74 Å². The Bertz CT molecular complexity index is 921. The van der Waals surface area contributed by atoms with E-state index in [-0.39, 0.29) is 11.8 Å². The Morgan fingerprint density at radius 2 is 1.63 bits per heavy atom. The number of carbonyl (C=O) groups excluding carboxylic acids is 1. The summed E-state index contributed by atoms with van der Waals surface area (Å²) >= 11 is 0.